The van der Waals surface area contributed by atoms with Crippen LogP contribution in [0.25, 0.3) is 11.3 Å². The Kier molecular flexibility index (Phi) is 16.0. The van der Waals surface area contributed by atoms with Crippen molar-refractivity contribution >= 4 is 46.6 Å². The number of carbonyl (C=O) groups excluding carboxylic acids is 4. The summed E-state index contributed by atoms with van der Waals surface area (Å²) in [5, 5.41) is 20.4. The summed E-state index contributed by atoms with van der Waals surface area (Å²) in [6.45, 7) is 0.240. The summed E-state index contributed by atoms with van der Waals surface area (Å²) in [6.07, 6.45) is -8.21. The van der Waals surface area contributed by atoms with Crippen LogP contribution in [0.3, 0.4) is 0 Å². The van der Waals surface area contributed by atoms with Crippen LogP contribution >= 0.6 is 22.6 Å². The SMILES string of the molecule is COC(=O)N(Cc1ccc(I)cc1)C(C(=O)NCC(O)CN(Cc1c(F)cc(-c2ccn(C(F)F)n2)cc1F)NC(=O)C(OC(=O)NC1CC1)C(C)(C)C)C(C)(C)C(F)(F)F. The highest BCUT2D eigenvalue weighted by Crippen LogP contribution is 2.43. The Morgan fingerprint density at radius 2 is 1.57 bits per heavy atom. The normalized spacial score (nSPS) is 14.9. The molecule has 61 heavy (non-hydrogen) atoms. The summed E-state index contributed by atoms with van der Waals surface area (Å²) in [4.78, 5) is 53.8. The molecule has 1 aliphatic carbocycles. The molecule has 4 N–H and O–H groups in total. The number of carbonyl (C=O) groups is 4. The molecular formula is C39H47F7IN7O7. The predicted molar refractivity (Wildman–Crippen MR) is 213 cm³/mol. The maximum absolute atomic E-state index is 15.6. The zero-order chi connectivity index (χ0) is 45.6. The molecule has 0 saturated heterocycles. The van der Waals surface area contributed by atoms with Gasteiger partial charge in [0.25, 0.3) is 5.91 Å². The van der Waals surface area contributed by atoms with Crippen LogP contribution < -0.4 is 16.1 Å². The number of ether oxygens (including phenoxy) is 2. The van der Waals surface area contributed by atoms with Gasteiger partial charge < -0.3 is 25.2 Å². The Balaban J connectivity index is 1.63. The number of methoxy groups -OCH3 is 1. The lowest BCUT2D eigenvalue weighted by molar-refractivity contribution is -0.229. The van der Waals surface area contributed by atoms with Crippen molar-refractivity contribution < 1.29 is 64.5 Å². The highest BCUT2D eigenvalue weighted by Gasteiger charge is 2.58. The molecule has 3 atom stereocenters. The number of hydrazine groups is 1. The number of nitrogens with zero attached hydrogens (tertiary/aromatic N) is 4. The van der Waals surface area contributed by atoms with Gasteiger partial charge in [0, 0.05) is 58.5 Å². The van der Waals surface area contributed by atoms with Gasteiger partial charge in [-0.3, -0.25) is 19.9 Å². The number of alkyl carbamates (subject to hydrolysis) is 1. The molecule has 1 heterocycles. The van der Waals surface area contributed by atoms with E-state index in [1.165, 1.54) is 0 Å². The lowest BCUT2D eigenvalue weighted by Crippen LogP contribution is -2.61. The van der Waals surface area contributed by atoms with Crippen molar-refractivity contribution in [2.45, 2.75) is 97.6 Å². The maximum atomic E-state index is 15.6. The standard InChI is InChI=1S/C39H47F7IN7O7/c1-37(2,3)31(61-35(58)49-24-11-12-24)33(57)51-52(20-26-27(40)15-22(16-28(26)41)29-13-14-54(50-29)34(42)43)19-25(55)17-48-32(56)30(38(4,5)39(44,45)46)53(36(59)60-6)18-21-7-9-23(47)10-8-21/h7-10,13-16,24-25,30-31,34,55H,11-12,17-20H2,1-6H3,(H,48,56)(H,49,58)(H,51,57). The molecule has 0 aliphatic heterocycles. The van der Waals surface area contributed by atoms with E-state index in [-0.39, 0.29) is 22.0 Å². The lowest BCUT2D eigenvalue weighted by Gasteiger charge is -2.41. The average molecular weight is 986 g/mol. The number of aliphatic hydroxyl groups excluding tert-OH is 1. The van der Waals surface area contributed by atoms with Crippen LogP contribution in [0.2, 0.25) is 0 Å². The van der Waals surface area contributed by atoms with E-state index >= 15 is 8.78 Å². The fourth-order valence-electron chi connectivity index (χ4n) is 6.03. The van der Waals surface area contributed by atoms with E-state index in [1.54, 1.807) is 45.0 Å². The number of nitrogens with one attached hydrogen (secondary N) is 3. The average Bonchev–Trinajstić information content (AvgIpc) is 3.82. The van der Waals surface area contributed by atoms with Crippen molar-refractivity contribution in [1.29, 1.82) is 0 Å². The first kappa shape index (κ1) is 49.0. The Morgan fingerprint density at radius 1 is 0.967 bits per heavy atom. The molecule has 14 nitrogen and oxygen atoms in total. The van der Waals surface area contributed by atoms with Gasteiger partial charge in [0.1, 0.15) is 17.7 Å². The number of amides is 4. The Morgan fingerprint density at radius 3 is 2.08 bits per heavy atom. The summed E-state index contributed by atoms with van der Waals surface area (Å²) in [6, 6.07) is 6.71. The number of aromatic nitrogens is 2. The topological polar surface area (TPSA) is 167 Å². The molecule has 3 aromatic rings. The first-order valence-corrected chi connectivity index (χ1v) is 19.9. The van der Waals surface area contributed by atoms with Crippen molar-refractivity contribution in [1.82, 2.24) is 35.7 Å². The van der Waals surface area contributed by atoms with Gasteiger partial charge in [-0.05, 0) is 85.2 Å². The Bertz CT molecular complexity index is 2000. The molecule has 1 saturated carbocycles. The van der Waals surface area contributed by atoms with Gasteiger partial charge in [-0.25, -0.2) is 28.1 Å². The smallest absolute Gasteiger partial charge is 0.410 e. The third-order valence-electron chi connectivity index (χ3n) is 9.60. The van der Waals surface area contributed by atoms with Crippen molar-refractivity contribution in [3.63, 3.8) is 0 Å². The molecular weight excluding hydrogens is 938 g/mol. The van der Waals surface area contributed by atoms with Gasteiger partial charge in [0.15, 0.2) is 6.10 Å². The van der Waals surface area contributed by atoms with Crippen molar-refractivity contribution in [3.8, 4) is 11.3 Å². The van der Waals surface area contributed by atoms with E-state index in [0.717, 1.165) is 40.1 Å². The van der Waals surface area contributed by atoms with Gasteiger partial charge in [0.2, 0.25) is 5.91 Å². The van der Waals surface area contributed by atoms with E-state index < -0.39 is 109 Å². The Hall–Kier alpha value is -4.71. The Labute approximate surface area is 360 Å². The molecule has 0 spiro atoms. The van der Waals surface area contributed by atoms with Crippen LogP contribution in [0.5, 0.6) is 0 Å². The predicted octanol–water partition coefficient (Wildman–Crippen LogP) is 6.67. The lowest BCUT2D eigenvalue weighted by atomic mass is 9.81. The van der Waals surface area contributed by atoms with E-state index in [4.69, 9.17) is 9.47 Å². The molecule has 22 heteroatoms. The molecule has 2 aromatic carbocycles. The second kappa shape index (κ2) is 20.0. The molecule has 1 aromatic heterocycles. The second-order valence-electron chi connectivity index (χ2n) is 16.0. The number of benzene rings is 2. The molecule has 336 valence electrons. The summed E-state index contributed by atoms with van der Waals surface area (Å²) in [7, 11) is 0.931. The van der Waals surface area contributed by atoms with E-state index in [0.29, 0.717) is 37.2 Å². The van der Waals surface area contributed by atoms with Crippen LogP contribution in [-0.4, -0.2) is 99.5 Å². The van der Waals surface area contributed by atoms with Crippen LogP contribution in [0, 0.1) is 26.0 Å². The van der Waals surface area contributed by atoms with Gasteiger partial charge in [-0.15, -0.1) is 0 Å². The molecule has 1 aliphatic rings. The third-order valence-corrected chi connectivity index (χ3v) is 10.3. The highest BCUT2D eigenvalue weighted by molar-refractivity contribution is 14.1. The maximum Gasteiger partial charge on any atom is 0.410 e. The largest absolute Gasteiger partial charge is 0.453 e. The first-order chi connectivity index (χ1) is 28.3. The fraction of sp³-hybridized carbons (Fsp3) is 0.513. The number of hydrogen-bond acceptors (Lipinski definition) is 9. The molecule has 0 bridgehead atoms. The molecule has 0 radical (unpaired) electrons. The number of aliphatic hydroxyl groups is 1. The minimum Gasteiger partial charge on any atom is -0.453 e. The van der Waals surface area contributed by atoms with Crippen LogP contribution in [-0.2, 0) is 32.2 Å². The van der Waals surface area contributed by atoms with Gasteiger partial charge >= 0.3 is 24.9 Å². The van der Waals surface area contributed by atoms with Gasteiger partial charge in [-0.1, -0.05) is 32.9 Å². The summed E-state index contributed by atoms with van der Waals surface area (Å²) in [5.41, 5.74) is -2.29. The van der Waals surface area contributed by atoms with E-state index in [1.807, 2.05) is 22.6 Å². The molecule has 4 rings (SSSR count). The number of rotatable bonds is 17. The molecule has 4 amide bonds. The minimum absolute atomic E-state index is 0.139. The quantitative estimate of drug-likeness (QED) is 0.0657. The zero-order valence-corrected chi connectivity index (χ0v) is 36.1. The third kappa shape index (κ3) is 13.1. The summed E-state index contributed by atoms with van der Waals surface area (Å²) >= 11 is 2.01. The van der Waals surface area contributed by atoms with Crippen LogP contribution in [0.4, 0.5) is 40.3 Å². The summed E-state index contributed by atoms with van der Waals surface area (Å²) < 4.78 is 113. The second-order valence-corrected chi connectivity index (χ2v) is 17.3. The van der Waals surface area contributed by atoms with Crippen molar-refractivity contribution in [3.05, 3.63) is 75.0 Å². The number of hydrogen-bond donors (Lipinski definition) is 4. The van der Waals surface area contributed by atoms with Gasteiger partial charge in [0.05, 0.1) is 24.3 Å². The van der Waals surface area contributed by atoms with Gasteiger partial charge in [-0.2, -0.15) is 27.1 Å². The highest BCUT2D eigenvalue weighted by atomic mass is 127. The number of halogens is 8. The minimum atomic E-state index is -5.05. The van der Waals surface area contributed by atoms with E-state index in [2.05, 4.69) is 21.2 Å². The molecule has 1 fully saturated rings. The fourth-order valence-corrected chi connectivity index (χ4v) is 6.39. The zero-order valence-electron chi connectivity index (χ0n) is 34.0. The summed E-state index contributed by atoms with van der Waals surface area (Å²) in [5.74, 6) is -4.78. The van der Waals surface area contributed by atoms with Crippen LogP contribution in [0.15, 0.2) is 48.7 Å². The van der Waals surface area contributed by atoms with E-state index in [9.17, 15) is 46.2 Å². The van der Waals surface area contributed by atoms with Crippen molar-refractivity contribution in [2.75, 3.05) is 20.2 Å². The first-order valence-electron chi connectivity index (χ1n) is 18.8. The monoisotopic (exact) mass is 985 g/mol. The number of alkyl halides is 5. The van der Waals surface area contributed by atoms with Crippen molar-refractivity contribution in [2.24, 2.45) is 10.8 Å². The van der Waals surface area contributed by atoms with Crippen LogP contribution in [0.1, 0.15) is 65.1 Å². The molecule has 3 unspecified atom stereocenters.